The van der Waals surface area contributed by atoms with Gasteiger partial charge in [-0.05, 0) is 24.6 Å². The zero-order chi connectivity index (χ0) is 13.1. The Bertz CT molecular complexity index is 508. The first-order valence-electron chi connectivity index (χ1n) is 5.38. The highest BCUT2D eigenvalue weighted by molar-refractivity contribution is 9.10. The molecule has 1 unspecified atom stereocenters. The molecule has 0 heterocycles. The smallest absolute Gasteiger partial charge is 0.185 e. The van der Waals surface area contributed by atoms with E-state index in [1.165, 1.54) is 12.1 Å². The van der Waals surface area contributed by atoms with Crippen LogP contribution in [-0.4, -0.2) is 20.0 Å². The van der Waals surface area contributed by atoms with Crippen LogP contribution in [0.3, 0.4) is 0 Å². The first-order valence-corrected chi connectivity index (χ1v) is 7.82. The van der Waals surface area contributed by atoms with E-state index in [2.05, 4.69) is 15.9 Å². The Morgan fingerprint density at radius 1 is 1.41 bits per heavy atom. The van der Waals surface area contributed by atoms with Crippen LogP contribution in [0.5, 0.6) is 0 Å². The van der Waals surface area contributed by atoms with Gasteiger partial charge in [0.2, 0.25) is 0 Å². The topological polar surface area (TPSA) is 51.2 Å². The van der Waals surface area contributed by atoms with Gasteiger partial charge >= 0.3 is 0 Å². The van der Waals surface area contributed by atoms with Crippen LogP contribution in [0.2, 0.25) is 0 Å². The van der Waals surface area contributed by atoms with E-state index in [-0.39, 0.29) is 16.6 Å². The van der Waals surface area contributed by atoms with E-state index >= 15 is 0 Å². The zero-order valence-corrected chi connectivity index (χ0v) is 12.2. The van der Waals surface area contributed by atoms with Crippen LogP contribution in [0.4, 0.5) is 0 Å². The molecule has 0 aliphatic carbocycles. The van der Waals surface area contributed by atoms with Gasteiger partial charge in [-0.2, -0.15) is 0 Å². The molecule has 5 heteroatoms. The molecule has 0 bridgehead atoms. The number of sulfone groups is 1. The molecule has 0 radical (unpaired) electrons. The SMILES string of the molecule is CCC(C)C(=O)CS(=O)(=O)c1cccc(Br)c1. The Morgan fingerprint density at radius 2 is 2.06 bits per heavy atom. The molecule has 0 aliphatic rings. The summed E-state index contributed by atoms with van der Waals surface area (Å²) in [5.41, 5.74) is 0. The third kappa shape index (κ3) is 3.92. The molecule has 3 nitrogen and oxygen atoms in total. The predicted molar refractivity (Wildman–Crippen MR) is 70.7 cm³/mol. The molecule has 0 spiro atoms. The molecule has 0 fully saturated rings. The van der Waals surface area contributed by atoms with E-state index in [0.29, 0.717) is 10.9 Å². The molecule has 1 aromatic carbocycles. The van der Waals surface area contributed by atoms with E-state index < -0.39 is 15.6 Å². The number of carbonyl (C=O) groups is 1. The fourth-order valence-corrected chi connectivity index (χ4v) is 3.27. The second-order valence-corrected chi connectivity index (χ2v) is 6.90. The molecule has 0 aromatic heterocycles. The number of halogens is 1. The Kier molecular flexibility index (Phi) is 4.89. The van der Waals surface area contributed by atoms with Gasteiger partial charge in [0, 0.05) is 10.4 Å². The lowest BCUT2D eigenvalue weighted by Gasteiger charge is -2.08. The maximum atomic E-state index is 12.0. The average Bonchev–Trinajstić information content (AvgIpc) is 2.27. The van der Waals surface area contributed by atoms with Gasteiger partial charge < -0.3 is 0 Å². The summed E-state index contributed by atoms with van der Waals surface area (Å²) in [5.74, 6) is -0.859. The minimum atomic E-state index is -3.52. The first-order chi connectivity index (χ1) is 7.86. The maximum Gasteiger partial charge on any atom is 0.185 e. The van der Waals surface area contributed by atoms with Crippen molar-refractivity contribution in [3.8, 4) is 0 Å². The number of benzene rings is 1. The lowest BCUT2D eigenvalue weighted by Crippen LogP contribution is -2.21. The average molecular weight is 319 g/mol. The van der Waals surface area contributed by atoms with Crippen LogP contribution in [0.15, 0.2) is 33.6 Å². The van der Waals surface area contributed by atoms with Crippen molar-refractivity contribution in [3.63, 3.8) is 0 Å². The highest BCUT2D eigenvalue weighted by Gasteiger charge is 2.22. The van der Waals surface area contributed by atoms with Crippen molar-refractivity contribution >= 4 is 31.6 Å². The van der Waals surface area contributed by atoms with Gasteiger partial charge in [-0.25, -0.2) is 8.42 Å². The van der Waals surface area contributed by atoms with E-state index in [1.807, 2.05) is 6.92 Å². The molecule has 94 valence electrons. The van der Waals surface area contributed by atoms with Crippen molar-refractivity contribution < 1.29 is 13.2 Å². The Labute approximate surface area is 110 Å². The lowest BCUT2D eigenvalue weighted by atomic mass is 10.1. The van der Waals surface area contributed by atoms with Crippen LogP contribution in [-0.2, 0) is 14.6 Å². The highest BCUT2D eigenvalue weighted by atomic mass is 79.9. The summed E-state index contributed by atoms with van der Waals surface area (Å²) in [6, 6.07) is 6.41. The van der Waals surface area contributed by atoms with E-state index in [1.54, 1.807) is 19.1 Å². The third-order valence-electron chi connectivity index (χ3n) is 2.65. The van der Waals surface area contributed by atoms with Gasteiger partial charge in [-0.3, -0.25) is 4.79 Å². The number of hydrogen-bond donors (Lipinski definition) is 0. The number of carbonyl (C=O) groups excluding carboxylic acids is 1. The fourth-order valence-electron chi connectivity index (χ4n) is 1.30. The molecule has 0 N–H and O–H groups in total. The number of rotatable bonds is 5. The zero-order valence-electron chi connectivity index (χ0n) is 9.81. The summed E-state index contributed by atoms with van der Waals surface area (Å²) in [5, 5.41) is 0. The molecule has 1 aromatic rings. The minimum absolute atomic E-state index is 0.184. The van der Waals surface area contributed by atoms with Crippen molar-refractivity contribution in [2.45, 2.75) is 25.2 Å². The van der Waals surface area contributed by atoms with Crippen molar-refractivity contribution in [3.05, 3.63) is 28.7 Å². The van der Waals surface area contributed by atoms with Crippen molar-refractivity contribution in [1.29, 1.82) is 0 Å². The Balaban J connectivity index is 2.94. The monoisotopic (exact) mass is 318 g/mol. The largest absolute Gasteiger partial charge is 0.298 e. The molecule has 17 heavy (non-hydrogen) atoms. The van der Waals surface area contributed by atoms with E-state index in [9.17, 15) is 13.2 Å². The minimum Gasteiger partial charge on any atom is -0.298 e. The van der Waals surface area contributed by atoms with Gasteiger partial charge in [0.15, 0.2) is 15.6 Å². The maximum absolute atomic E-state index is 12.0. The fraction of sp³-hybridized carbons (Fsp3) is 0.417. The van der Waals surface area contributed by atoms with Gasteiger partial charge in [0.25, 0.3) is 0 Å². The summed E-state index contributed by atoms with van der Waals surface area (Å²) in [7, 11) is -3.52. The van der Waals surface area contributed by atoms with Gasteiger partial charge in [-0.15, -0.1) is 0 Å². The van der Waals surface area contributed by atoms with Crippen LogP contribution >= 0.6 is 15.9 Å². The van der Waals surface area contributed by atoms with Gasteiger partial charge in [-0.1, -0.05) is 35.8 Å². The standard InChI is InChI=1S/C12H15BrO3S/c1-3-9(2)12(14)8-17(15,16)11-6-4-5-10(13)7-11/h4-7,9H,3,8H2,1-2H3. The molecule has 0 saturated heterocycles. The second-order valence-electron chi connectivity index (χ2n) is 3.99. The van der Waals surface area contributed by atoms with Crippen LogP contribution < -0.4 is 0 Å². The predicted octanol–water partition coefficient (Wildman–Crippen LogP) is 2.84. The Hall–Kier alpha value is -0.680. The van der Waals surface area contributed by atoms with Crippen LogP contribution in [0.25, 0.3) is 0 Å². The first kappa shape index (κ1) is 14.4. The quantitative estimate of drug-likeness (QED) is 0.838. The highest BCUT2D eigenvalue weighted by Crippen LogP contribution is 2.18. The number of hydrogen-bond acceptors (Lipinski definition) is 3. The molecule has 0 amide bonds. The van der Waals surface area contributed by atoms with Crippen LogP contribution in [0, 0.1) is 5.92 Å². The van der Waals surface area contributed by atoms with Gasteiger partial charge in [0.05, 0.1) is 4.90 Å². The molecule has 1 atom stereocenters. The van der Waals surface area contributed by atoms with Crippen molar-refractivity contribution in [2.75, 3.05) is 5.75 Å². The van der Waals surface area contributed by atoms with Crippen molar-refractivity contribution in [1.82, 2.24) is 0 Å². The summed E-state index contributed by atoms with van der Waals surface area (Å²) >= 11 is 3.21. The molecular formula is C12H15BrO3S. The summed E-state index contributed by atoms with van der Waals surface area (Å²) in [6.07, 6.45) is 0.660. The molecule has 0 aliphatic heterocycles. The molecule has 1 rings (SSSR count). The number of ketones is 1. The van der Waals surface area contributed by atoms with Crippen molar-refractivity contribution in [2.24, 2.45) is 5.92 Å². The lowest BCUT2D eigenvalue weighted by molar-refractivity contribution is -0.119. The molecular weight excluding hydrogens is 304 g/mol. The summed E-state index contributed by atoms with van der Waals surface area (Å²) in [4.78, 5) is 11.8. The summed E-state index contributed by atoms with van der Waals surface area (Å²) in [6.45, 7) is 3.62. The summed E-state index contributed by atoms with van der Waals surface area (Å²) < 4.78 is 24.6. The van der Waals surface area contributed by atoms with E-state index in [4.69, 9.17) is 0 Å². The second kappa shape index (κ2) is 5.78. The van der Waals surface area contributed by atoms with Gasteiger partial charge in [0.1, 0.15) is 5.75 Å². The molecule has 0 saturated carbocycles. The number of Topliss-reactive ketones (excluding diaryl/α,β-unsaturated/α-hetero) is 1. The Morgan fingerprint density at radius 3 is 2.59 bits per heavy atom. The third-order valence-corrected chi connectivity index (χ3v) is 4.78. The van der Waals surface area contributed by atoms with E-state index in [0.717, 1.165) is 0 Å². The van der Waals surface area contributed by atoms with Crippen LogP contribution in [0.1, 0.15) is 20.3 Å². The normalized spacial score (nSPS) is 13.4.